The van der Waals surface area contributed by atoms with Gasteiger partial charge in [0.2, 0.25) is 0 Å². The minimum absolute atomic E-state index is 0.898. The van der Waals surface area contributed by atoms with Gasteiger partial charge in [-0.2, -0.15) is 0 Å². The second-order valence-electron chi connectivity index (χ2n) is 12.5. The number of anilines is 3. The van der Waals surface area contributed by atoms with Crippen LogP contribution in [0.25, 0.3) is 75.1 Å². The average molecular weight is 644 g/mol. The van der Waals surface area contributed by atoms with Crippen molar-refractivity contribution in [1.29, 1.82) is 0 Å². The highest BCUT2D eigenvalue weighted by atomic mass is 32.1. The van der Waals surface area contributed by atoms with Crippen LogP contribution in [0.4, 0.5) is 17.1 Å². The van der Waals surface area contributed by atoms with Crippen LogP contribution in [-0.2, 0) is 0 Å². The van der Waals surface area contributed by atoms with E-state index in [-0.39, 0.29) is 0 Å². The number of hydrogen-bond acceptors (Lipinski definition) is 3. The Morgan fingerprint density at radius 2 is 0.959 bits per heavy atom. The van der Waals surface area contributed by atoms with Crippen LogP contribution in [0.15, 0.2) is 180 Å². The minimum Gasteiger partial charge on any atom is -0.456 e. The molecule has 0 N–H and O–H groups in total. The highest BCUT2D eigenvalue weighted by molar-refractivity contribution is 7.25. The second-order valence-corrected chi connectivity index (χ2v) is 13.6. The Morgan fingerprint density at radius 3 is 1.76 bits per heavy atom. The van der Waals surface area contributed by atoms with E-state index < -0.39 is 0 Å². The van der Waals surface area contributed by atoms with Crippen molar-refractivity contribution in [3.05, 3.63) is 176 Å². The molecule has 0 unspecified atom stereocenters. The van der Waals surface area contributed by atoms with Gasteiger partial charge in [0.15, 0.2) is 0 Å². The van der Waals surface area contributed by atoms with Gasteiger partial charge in [0.1, 0.15) is 11.2 Å². The first-order chi connectivity index (χ1) is 24.3. The molecule has 0 fully saturated rings. The molecule has 0 saturated heterocycles. The van der Waals surface area contributed by atoms with Gasteiger partial charge in [-0.05, 0) is 87.6 Å². The molecule has 0 bridgehead atoms. The summed E-state index contributed by atoms with van der Waals surface area (Å²) >= 11 is 1.85. The molecule has 0 radical (unpaired) electrons. The first kappa shape index (κ1) is 27.9. The normalized spacial score (nSPS) is 11.7. The number of nitrogens with zero attached hydrogens (tertiary/aromatic N) is 1. The molecule has 0 aliphatic carbocycles. The maximum atomic E-state index is 6.51. The first-order valence-electron chi connectivity index (χ1n) is 16.6. The number of benzene rings is 8. The van der Waals surface area contributed by atoms with E-state index in [1.807, 2.05) is 17.4 Å². The molecule has 230 valence electrons. The number of hydrogen-bond donors (Lipinski definition) is 0. The highest BCUT2D eigenvalue weighted by Gasteiger charge is 2.19. The molecule has 2 nitrogen and oxygen atoms in total. The van der Waals surface area contributed by atoms with Crippen LogP contribution in [0.2, 0.25) is 0 Å². The SMILES string of the molecule is c1ccc(-c2ccc(N(c3ccc4c(c3)sc3ccccc34)c3ccc4c(-c5ccccc5)cc5oc6ccccc6c5c4c3)cc2)cc1. The molecule has 2 aromatic heterocycles. The summed E-state index contributed by atoms with van der Waals surface area (Å²) in [5, 5.41) is 7.25. The van der Waals surface area contributed by atoms with Crippen molar-refractivity contribution in [2.24, 2.45) is 0 Å². The molecule has 0 spiro atoms. The van der Waals surface area contributed by atoms with Crippen molar-refractivity contribution in [3.63, 3.8) is 0 Å². The number of para-hydroxylation sites is 1. The van der Waals surface area contributed by atoms with Gasteiger partial charge in [-0.15, -0.1) is 11.3 Å². The zero-order valence-corrected chi connectivity index (χ0v) is 27.3. The third kappa shape index (κ3) is 4.62. The number of rotatable bonds is 5. The van der Waals surface area contributed by atoms with Crippen molar-refractivity contribution in [1.82, 2.24) is 0 Å². The van der Waals surface area contributed by atoms with E-state index >= 15 is 0 Å². The van der Waals surface area contributed by atoms with Crippen LogP contribution in [0.5, 0.6) is 0 Å². The van der Waals surface area contributed by atoms with E-state index in [2.05, 4.69) is 175 Å². The lowest BCUT2D eigenvalue weighted by molar-refractivity contribution is 0.669. The Morgan fingerprint density at radius 1 is 0.367 bits per heavy atom. The topological polar surface area (TPSA) is 16.4 Å². The predicted molar refractivity (Wildman–Crippen MR) is 210 cm³/mol. The fourth-order valence-electron chi connectivity index (χ4n) is 7.36. The third-order valence-electron chi connectivity index (χ3n) is 9.66. The van der Waals surface area contributed by atoms with Crippen LogP contribution >= 0.6 is 11.3 Å². The lowest BCUT2D eigenvalue weighted by Gasteiger charge is -2.26. The standard InChI is InChI=1S/C46H29NOS/c1-3-11-30(12-4-1)31-19-21-33(22-20-31)47(35-24-26-38-37-15-8-10-18-44(37)49-45(38)28-35)34-23-25-36-40(32-13-5-2-6-14-32)29-43-46(41(36)27-34)39-16-7-9-17-42(39)48-43/h1-29H. The van der Waals surface area contributed by atoms with E-state index in [4.69, 9.17) is 4.42 Å². The van der Waals surface area contributed by atoms with E-state index in [1.165, 1.54) is 53.2 Å². The monoisotopic (exact) mass is 643 g/mol. The zero-order valence-electron chi connectivity index (χ0n) is 26.5. The molecular formula is C46H29NOS. The summed E-state index contributed by atoms with van der Waals surface area (Å²) in [5.74, 6) is 0. The van der Waals surface area contributed by atoms with E-state index in [9.17, 15) is 0 Å². The van der Waals surface area contributed by atoms with Crippen molar-refractivity contribution in [2.75, 3.05) is 4.90 Å². The number of fused-ring (bicyclic) bond motifs is 8. The predicted octanol–water partition coefficient (Wildman–Crippen LogP) is 13.9. The third-order valence-corrected chi connectivity index (χ3v) is 10.8. The van der Waals surface area contributed by atoms with Crippen LogP contribution in [-0.4, -0.2) is 0 Å². The molecule has 0 atom stereocenters. The maximum absolute atomic E-state index is 6.51. The van der Waals surface area contributed by atoms with E-state index in [1.54, 1.807) is 0 Å². The van der Waals surface area contributed by atoms with E-state index in [0.717, 1.165) is 39.0 Å². The lowest BCUT2D eigenvalue weighted by atomic mass is 9.94. The van der Waals surface area contributed by atoms with Crippen LogP contribution < -0.4 is 4.90 Å². The molecule has 0 aliphatic rings. The smallest absolute Gasteiger partial charge is 0.136 e. The molecule has 10 aromatic rings. The van der Waals surface area contributed by atoms with Crippen LogP contribution in [0.3, 0.4) is 0 Å². The second kappa shape index (κ2) is 11.2. The largest absolute Gasteiger partial charge is 0.456 e. The average Bonchev–Trinajstić information content (AvgIpc) is 3.74. The van der Waals surface area contributed by atoms with Crippen LogP contribution in [0, 0.1) is 0 Å². The van der Waals surface area contributed by atoms with Gasteiger partial charge in [0.05, 0.1) is 0 Å². The summed E-state index contributed by atoms with van der Waals surface area (Å²) in [4.78, 5) is 2.39. The molecule has 3 heteroatoms. The van der Waals surface area contributed by atoms with Gasteiger partial charge in [-0.25, -0.2) is 0 Å². The highest BCUT2D eigenvalue weighted by Crippen LogP contribution is 2.45. The molecule has 8 aromatic carbocycles. The van der Waals surface area contributed by atoms with Gasteiger partial charge in [0, 0.05) is 48.0 Å². The molecular weight excluding hydrogens is 615 g/mol. The summed E-state index contributed by atoms with van der Waals surface area (Å²) in [7, 11) is 0. The van der Waals surface area contributed by atoms with Crippen molar-refractivity contribution in [3.8, 4) is 22.3 Å². The van der Waals surface area contributed by atoms with Gasteiger partial charge in [-0.3, -0.25) is 0 Å². The van der Waals surface area contributed by atoms with Crippen molar-refractivity contribution in [2.45, 2.75) is 0 Å². The summed E-state index contributed by atoms with van der Waals surface area (Å²) < 4.78 is 9.10. The Balaban J connectivity index is 1.23. The summed E-state index contributed by atoms with van der Waals surface area (Å²) in [6.45, 7) is 0. The quantitative estimate of drug-likeness (QED) is 0.186. The lowest BCUT2D eigenvalue weighted by Crippen LogP contribution is -2.09. The Hall–Kier alpha value is -6.16. The molecule has 0 saturated carbocycles. The van der Waals surface area contributed by atoms with Gasteiger partial charge < -0.3 is 9.32 Å². The number of furan rings is 1. The molecule has 49 heavy (non-hydrogen) atoms. The minimum atomic E-state index is 0.898. The maximum Gasteiger partial charge on any atom is 0.136 e. The van der Waals surface area contributed by atoms with Gasteiger partial charge in [0.25, 0.3) is 0 Å². The molecule has 10 rings (SSSR count). The summed E-state index contributed by atoms with van der Waals surface area (Å²) in [5.41, 5.74) is 9.86. The van der Waals surface area contributed by atoms with Gasteiger partial charge >= 0.3 is 0 Å². The molecule has 0 aliphatic heterocycles. The van der Waals surface area contributed by atoms with Gasteiger partial charge in [-0.1, -0.05) is 121 Å². The molecule has 0 amide bonds. The first-order valence-corrected chi connectivity index (χ1v) is 17.4. The van der Waals surface area contributed by atoms with Crippen molar-refractivity contribution < 1.29 is 4.42 Å². The fraction of sp³-hybridized carbons (Fsp3) is 0. The Kier molecular flexibility index (Phi) is 6.39. The Bertz CT molecular complexity index is 2810. The summed E-state index contributed by atoms with van der Waals surface area (Å²) in [6, 6.07) is 63.2. The molecule has 2 heterocycles. The Labute approximate surface area is 287 Å². The number of thiophene rings is 1. The summed E-state index contributed by atoms with van der Waals surface area (Å²) in [6.07, 6.45) is 0. The van der Waals surface area contributed by atoms with Crippen LogP contribution in [0.1, 0.15) is 0 Å². The van der Waals surface area contributed by atoms with Crippen molar-refractivity contribution >= 4 is 81.3 Å². The fourth-order valence-corrected chi connectivity index (χ4v) is 8.50. The van der Waals surface area contributed by atoms with E-state index in [0.29, 0.717) is 0 Å². The zero-order chi connectivity index (χ0) is 32.3.